The van der Waals surface area contributed by atoms with Gasteiger partial charge in [0, 0.05) is 10.6 Å². The van der Waals surface area contributed by atoms with Crippen molar-refractivity contribution in [3.05, 3.63) is 54.1 Å². The maximum atomic E-state index is 12.3. The van der Waals surface area contributed by atoms with Crippen molar-refractivity contribution in [1.82, 2.24) is 0 Å². The van der Waals surface area contributed by atoms with Crippen LogP contribution in [0.1, 0.15) is 12.5 Å². The van der Waals surface area contributed by atoms with Crippen LogP contribution in [0.25, 0.3) is 0 Å². The van der Waals surface area contributed by atoms with Crippen LogP contribution in [0, 0.1) is 11.3 Å². The summed E-state index contributed by atoms with van der Waals surface area (Å²) < 4.78 is 24.6. The average molecular weight is 347 g/mol. The van der Waals surface area contributed by atoms with E-state index < -0.39 is 11.8 Å². The average Bonchev–Trinajstić information content (AvgIpc) is 2.56. The quantitative estimate of drug-likeness (QED) is 0.764. The lowest BCUT2D eigenvalue weighted by atomic mass is 10.2. The van der Waals surface area contributed by atoms with Gasteiger partial charge in [0.2, 0.25) is 5.91 Å². The summed E-state index contributed by atoms with van der Waals surface area (Å²) >= 11 is 0.467. The molecule has 4 nitrogen and oxygen atoms in total. The monoisotopic (exact) mass is 347 g/mol. The molecule has 0 aliphatic carbocycles. The first kappa shape index (κ1) is 17.8. The van der Waals surface area contributed by atoms with Gasteiger partial charge in [0.15, 0.2) is 0 Å². The molecular weight excluding hydrogens is 332 g/mol. The van der Waals surface area contributed by atoms with Crippen LogP contribution in [0.4, 0.5) is 20.2 Å². The first-order chi connectivity index (χ1) is 11.5. The van der Waals surface area contributed by atoms with Gasteiger partial charge in [-0.25, -0.2) is 0 Å². The second kappa shape index (κ2) is 8.31. The van der Waals surface area contributed by atoms with Crippen molar-refractivity contribution in [2.45, 2.75) is 23.6 Å². The van der Waals surface area contributed by atoms with Gasteiger partial charge in [-0.1, -0.05) is 23.9 Å². The molecule has 1 amide bonds. The molecule has 0 unspecified atom stereocenters. The molecular formula is C17H15F2N3OS. The molecule has 1 atom stereocenters. The molecule has 0 radical (unpaired) electrons. The highest BCUT2D eigenvalue weighted by atomic mass is 32.2. The van der Waals surface area contributed by atoms with E-state index in [1.54, 1.807) is 55.5 Å². The molecule has 7 heteroatoms. The molecule has 0 saturated heterocycles. The third kappa shape index (κ3) is 4.96. The number of nitrogens with one attached hydrogen (secondary N) is 2. The van der Waals surface area contributed by atoms with E-state index in [-0.39, 0.29) is 5.91 Å². The SMILES string of the molecule is C[C@@H](Nc1ccc(SC(F)F)cc1)C(=O)Nc1ccccc1C#N. The number of halogens is 2. The normalized spacial score (nSPS) is 11.6. The van der Waals surface area contributed by atoms with Crippen LogP contribution < -0.4 is 10.6 Å². The number of carbonyl (C=O) groups is 1. The van der Waals surface area contributed by atoms with E-state index in [0.29, 0.717) is 33.6 Å². The van der Waals surface area contributed by atoms with E-state index in [9.17, 15) is 13.6 Å². The lowest BCUT2D eigenvalue weighted by molar-refractivity contribution is -0.116. The number of alkyl halides is 2. The zero-order valence-electron chi connectivity index (χ0n) is 12.8. The molecule has 0 aliphatic rings. The molecule has 124 valence electrons. The highest BCUT2D eigenvalue weighted by Crippen LogP contribution is 2.26. The number of hydrogen-bond donors (Lipinski definition) is 2. The Labute approximate surface area is 142 Å². The highest BCUT2D eigenvalue weighted by Gasteiger charge is 2.14. The van der Waals surface area contributed by atoms with Crippen molar-refractivity contribution >= 4 is 29.0 Å². The fourth-order valence-electron chi connectivity index (χ4n) is 1.98. The Morgan fingerprint density at radius 1 is 1.17 bits per heavy atom. The van der Waals surface area contributed by atoms with Gasteiger partial charge in [0.25, 0.3) is 5.76 Å². The maximum absolute atomic E-state index is 12.3. The zero-order valence-corrected chi connectivity index (χ0v) is 13.6. The minimum absolute atomic E-state index is 0.302. The van der Waals surface area contributed by atoms with Crippen LogP contribution in [-0.4, -0.2) is 17.7 Å². The van der Waals surface area contributed by atoms with Crippen LogP contribution in [0.15, 0.2) is 53.4 Å². The van der Waals surface area contributed by atoms with Crippen LogP contribution >= 0.6 is 11.8 Å². The van der Waals surface area contributed by atoms with Gasteiger partial charge in [-0.15, -0.1) is 0 Å². The van der Waals surface area contributed by atoms with Crippen molar-refractivity contribution in [3.63, 3.8) is 0 Å². The minimum atomic E-state index is -2.46. The van der Waals surface area contributed by atoms with E-state index in [0.717, 1.165) is 0 Å². The van der Waals surface area contributed by atoms with Crippen LogP contribution in [0.2, 0.25) is 0 Å². The molecule has 0 fully saturated rings. The van der Waals surface area contributed by atoms with E-state index in [2.05, 4.69) is 10.6 Å². The molecule has 0 heterocycles. The molecule has 0 bridgehead atoms. The summed E-state index contributed by atoms with van der Waals surface area (Å²) in [7, 11) is 0. The molecule has 2 rings (SSSR count). The molecule has 0 spiro atoms. The summed E-state index contributed by atoms with van der Waals surface area (Å²) in [5.74, 6) is -2.77. The van der Waals surface area contributed by atoms with Crippen molar-refractivity contribution in [2.24, 2.45) is 0 Å². The summed E-state index contributed by atoms with van der Waals surface area (Å²) in [6.45, 7) is 1.67. The Kier molecular flexibility index (Phi) is 6.15. The first-order valence-corrected chi connectivity index (χ1v) is 7.99. The Hall–Kier alpha value is -2.59. The fourth-order valence-corrected chi connectivity index (χ4v) is 2.48. The number of thioether (sulfide) groups is 1. The van der Waals surface area contributed by atoms with E-state index in [4.69, 9.17) is 5.26 Å². The Bertz CT molecular complexity index is 744. The minimum Gasteiger partial charge on any atom is -0.374 e. The molecule has 2 aromatic carbocycles. The number of nitrogens with zero attached hydrogens (tertiary/aromatic N) is 1. The van der Waals surface area contributed by atoms with Gasteiger partial charge in [0.05, 0.1) is 11.3 Å². The predicted molar refractivity (Wildman–Crippen MR) is 91.2 cm³/mol. The van der Waals surface area contributed by atoms with Crippen LogP contribution in [0.3, 0.4) is 0 Å². The largest absolute Gasteiger partial charge is 0.374 e. The van der Waals surface area contributed by atoms with Crippen molar-refractivity contribution in [1.29, 1.82) is 5.26 Å². The van der Waals surface area contributed by atoms with Crippen LogP contribution in [0.5, 0.6) is 0 Å². The number of para-hydroxylation sites is 1. The summed E-state index contributed by atoms with van der Waals surface area (Å²) in [5, 5.41) is 14.7. The number of amides is 1. The Morgan fingerprint density at radius 3 is 2.46 bits per heavy atom. The maximum Gasteiger partial charge on any atom is 0.288 e. The second-order valence-corrected chi connectivity index (χ2v) is 5.98. The van der Waals surface area contributed by atoms with Gasteiger partial charge < -0.3 is 10.6 Å². The number of nitriles is 1. The smallest absolute Gasteiger partial charge is 0.288 e. The first-order valence-electron chi connectivity index (χ1n) is 7.11. The van der Waals surface area contributed by atoms with Gasteiger partial charge >= 0.3 is 0 Å². The van der Waals surface area contributed by atoms with E-state index in [1.807, 2.05) is 6.07 Å². The third-order valence-corrected chi connectivity index (χ3v) is 3.88. The lowest BCUT2D eigenvalue weighted by Crippen LogP contribution is -2.32. The Morgan fingerprint density at radius 2 is 1.83 bits per heavy atom. The summed E-state index contributed by atoms with van der Waals surface area (Å²) in [6.07, 6.45) is 0. The van der Waals surface area contributed by atoms with Crippen molar-refractivity contribution in [2.75, 3.05) is 10.6 Å². The van der Waals surface area contributed by atoms with Crippen LogP contribution in [-0.2, 0) is 4.79 Å². The van der Waals surface area contributed by atoms with Crippen molar-refractivity contribution in [3.8, 4) is 6.07 Å². The molecule has 2 aromatic rings. The highest BCUT2D eigenvalue weighted by molar-refractivity contribution is 7.99. The summed E-state index contributed by atoms with van der Waals surface area (Å²) in [4.78, 5) is 12.7. The fraction of sp³-hybridized carbons (Fsp3) is 0.176. The number of rotatable bonds is 6. The Balaban J connectivity index is 1.97. The molecule has 0 saturated carbocycles. The molecule has 0 aliphatic heterocycles. The van der Waals surface area contributed by atoms with Crippen molar-refractivity contribution < 1.29 is 13.6 Å². The number of carbonyl (C=O) groups excluding carboxylic acids is 1. The zero-order chi connectivity index (χ0) is 17.5. The number of anilines is 2. The standard InChI is InChI=1S/C17H15F2N3OS/c1-11(16(23)22-15-5-3-2-4-12(15)10-20)21-13-6-8-14(9-7-13)24-17(18)19/h2-9,11,17,21H,1H3,(H,22,23)/t11-/m1/s1. The van der Waals surface area contributed by atoms with Gasteiger partial charge in [-0.05, 0) is 43.3 Å². The topological polar surface area (TPSA) is 64.9 Å². The van der Waals surface area contributed by atoms with E-state index in [1.165, 1.54) is 0 Å². The second-order valence-electron chi connectivity index (χ2n) is 4.92. The molecule has 24 heavy (non-hydrogen) atoms. The molecule has 2 N–H and O–H groups in total. The lowest BCUT2D eigenvalue weighted by Gasteiger charge is -2.16. The third-order valence-electron chi connectivity index (χ3n) is 3.16. The number of hydrogen-bond acceptors (Lipinski definition) is 4. The summed E-state index contributed by atoms with van der Waals surface area (Å²) in [6, 6.07) is 14.6. The number of benzene rings is 2. The van der Waals surface area contributed by atoms with Gasteiger partial charge in [-0.3, -0.25) is 4.79 Å². The summed E-state index contributed by atoms with van der Waals surface area (Å²) in [5.41, 5.74) is 1.47. The predicted octanol–water partition coefficient (Wildman–Crippen LogP) is 4.31. The van der Waals surface area contributed by atoms with Gasteiger partial charge in [-0.2, -0.15) is 14.0 Å². The van der Waals surface area contributed by atoms with Gasteiger partial charge in [0.1, 0.15) is 12.1 Å². The van der Waals surface area contributed by atoms with E-state index >= 15 is 0 Å². The molecule has 0 aromatic heterocycles.